The zero-order chi connectivity index (χ0) is 13.0. The molecule has 4 nitrogen and oxygen atoms in total. The van der Waals surface area contributed by atoms with Crippen LogP contribution < -0.4 is 4.68 Å². The van der Waals surface area contributed by atoms with E-state index in [1.165, 1.54) is 22.5 Å². The lowest BCUT2D eigenvalue weighted by molar-refractivity contribution is -0.744. The molecule has 1 aliphatic rings. The number of rotatable bonds is 1. The van der Waals surface area contributed by atoms with E-state index in [2.05, 4.69) is 63.5 Å². The molecule has 2 aromatic heterocycles. The van der Waals surface area contributed by atoms with E-state index in [9.17, 15) is 0 Å². The molecule has 0 amide bonds. The van der Waals surface area contributed by atoms with Crippen molar-refractivity contribution < 1.29 is 4.68 Å². The maximum absolute atomic E-state index is 4.40. The van der Waals surface area contributed by atoms with Crippen LogP contribution in [0.4, 0.5) is 0 Å². The van der Waals surface area contributed by atoms with E-state index in [-0.39, 0.29) is 0 Å². The highest BCUT2D eigenvalue weighted by Gasteiger charge is 2.21. The molecule has 0 fully saturated rings. The summed E-state index contributed by atoms with van der Waals surface area (Å²) in [7, 11) is 2.05. The fraction of sp³-hybridized carbons (Fsp3) is 0.200. The van der Waals surface area contributed by atoms with E-state index in [4.69, 9.17) is 0 Å². The number of hydrogen-bond acceptors (Lipinski definition) is 1. The quantitative estimate of drug-likeness (QED) is 0.473. The number of aromatic nitrogens is 4. The first kappa shape index (κ1) is 10.6. The predicted octanol–water partition coefficient (Wildman–Crippen LogP) is 1.70. The van der Waals surface area contributed by atoms with Gasteiger partial charge in [-0.05, 0) is 30.2 Å². The van der Waals surface area contributed by atoms with Crippen LogP contribution in [0.25, 0.3) is 11.4 Å². The Kier molecular flexibility index (Phi) is 1.98. The molecule has 94 valence electrons. The molecule has 0 unspecified atom stereocenters. The Bertz CT molecular complexity index is 779. The molecule has 0 saturated carbocycles. The van der Waals surface area contributed by atoms with E-state index in [1.54, 1.807) is 0 Å². The summed E-state index contributed by atoms with van der Waals surface area (Å²) in [5.74, 6) is 1.13. The molecule has 1 aromatic carbocycles. The van der Waals surface area contributed by atoms with Crippen molar-refractivity contribution in [2.75, 3.05) is 0 Å². The van der Waals surface area contributed by atoms with Gasteiger partial charge < -0.3 is 4.57 Å². The van der Waals surface area contributed by atoms with Crippen molar-refractivity contribution in [3.63, 3.8) is 0 Å². The maximum atomic E-state index is 4.40. The standard InChI is InChI=1S/C15H15N4/c1-11-8-14-12(10-15-16-4-7-18(14)15)9-13(11)19-6-3-5-17(19)2/h3-9H,10H2,1-2H3/q+1. The van der Waals surface area contributed by atoms with E-state index in [0.717, 1.165) is 12.2 Å². The van der Waals surface area contributed by atoms with Gasteiger partial charge in [0.25, 0.3) is 0 Å². The van der Waals surface area contributed by atoms with Gasteiger partial charge in [-0.15, -0.1) is 9.36 Å². The van der Waals surface area contributed by atoms with E-state index < -0.39 is 0 Å². The lowest BCUT2D eigenvalue weighted by atomic mass is 10.1. The molecule has 0 bridgehead atoms. The van der Waals surface area contributed by atoms with Gasteiger partial charge in [0.05, 0.1) is 11.9 Å². The minimum Gasteiger partial charge on any atom is -0.303 e. The highest BCUT2D eigenvalue weighted by atomic mass is 15.4. The Morgan fingerprint density at radius 3 is 2.89 bits per heavy atom. The summed E-state index contributed by atoms with van der Waals surface area (Å²) in [4.78, 5) is 4.40. The molecule has 1 aliphatic heterocycles. The lowest BCUT2D eigenvalue weighted by Gasteiger charge is -2.09. The minimum atomic E-state index is 0.917. The molecular weight excluding hydrogens is 236 g/mol. The third-order valence-electron chi connectivity index (χ3n) is 3.84. The third-order valence-corrected chi connectivity index (χ3v) is 3.84. The van der Waals surface area contributed by atoms with E-state index >= 15 is 0 Å². The summed E-state index contributed by atoms with van der Waals surface area (Å²) in [6.07, 6.45) is 8.96. The van der Waals surface area contributed by atoms with Crippen LogP contribution in [0.1, 0.15) is 17.0 Å². The van der Waals surface area contributed by atoms with Crippen molar-refractivity contribution >= 4 is 0 Å². The van der Waals surface area contributed by atoms with Gasteiger partial charge in [-0.2, -0.15) is 0 Å². The van der Waals surface area contributed by atoms with Crippen LogP contribution in [0.15, 0.2) is 43.0 Å². The van der Waals surface area contributed by atoms with Crippen LogP contribution in [0, 0.1) is 6.92 Å². The van der Waals surface area contributed by atoms with Gasteiger partial charge in [0.1, 0.15) is 11.5 Å². The molecule has 0 aliphatic carbocycles. The van der Waals surface area contributed by atoms with Crippen molar-refractivity contribution in [1.82, 2.24) is 14.2 Å². The van der Waals surface area contributed by atoms with Gasteiger partial charge in [0, 0.05) is 24.9 Å². The summed E-state index contributed by atoms with van der Waals surface area (Å²) in [6.45, 7) is 2.16. The maximum Gasteiger partial charge on any atom is 0.195 e. The van der Waals surface area contributed by atoms with Crippen molar-refractivity contribution in [3.8, 4) is 11.4 Å². The smallest absolute Gasteiger partial charge is 0.195 e. The molecule has 19 heavy (non-hydrogen) atoms. The second-order valence-corrected chi connectivity index (χ2v) is 5.07. The average Bonchev–Trinajstić information content (AvgIpc) is 3.04. The van der Waals surface area contributed by atoms with Crippen LogP contribution in [0.3, 0.4) is 0 Å². The molecule has 3 heterocycles. The fourth-order valence-electron chi connectivity index (χ4n) is 2.86. The zero-order valence-electron chi connectivity index (χ0n) is 11.0. The van der Waals surface area contributed by atoms with Crippen molar-refractivity contribution in [1.29, 1.82) is 0 Å². The van der Waals surface area contributed by atoms with E-state index in [0.29, 0.717) is 0 Å². The molecule has 4 rings (SSSR count). The third kappa shape index (κ3) is 1.40. The van der Waals surface area contributed by atoms with Gasteiger partial charge in [0.15, 0.2) is 13.2 Å². The number of benzene rings is 1. The summed E-state index contributed by atoms with van der Waals surface area (Å²) in [5, 5.41) is 0. The summed E-state index contributed by atoms with van der Waals surface area (Å²) < 4.78 is 6.43. The second-order valence-electron chi connectivity index (χ2n) is 5.07. The number of fused-ring (bicyclic) bond motifs is 3. The van der Waals surface area contributed by atoms with E-state index in [1.807, 2.05) is 12.4 Å². The number of imidazole rings is 1. The van der Waals surface area contributed by atoms with Gasteiger partial charge >= 0.3 is 0 Å². The van der Waals surface area contributed by atoms with Crippen molar-refractivity contribution in [2.24, 2.45) is 7.05 Å². The SMILES string of the molecule is Cc1cc2c(cc1-n1ccc[n+]1C)Cc1nccn1-2. The Morgan fingerprint density at radius 1 is 1.21 bits per heavy atom. The highest BCUT2D eigenvalue weighted by Crippen LogP contribution is 2.30. The van der Waals surface area contributed by atoms with Crippen molar-refractivity contribution in [2.45, 2.75) is 13.3 Å². The normalized spacial score (nSPS) is 12.5. The number of aryl methyl sites for hydroxylation is 2. The second kappa shape index (κ2) is 3.57. The Labute approximate surface area is 111 Å². The predicted molar refractivity (Wildman–Crippen MR) is 71.6 cm³/mol. The van der Waals surface area contributed by atoms with Crippen LogP contribution in [0.5, 0.6) is 0 Å². The number of nitrogens with zero attached hydrogens (tertiary/aromatic N) is 4. The topological polar surface area (TPSA) is 26.6 Å². The van der Waals surface area contributed by atoms with Crippen LogP contribution >= 0.6 is 0 Å². The highest BCUT2D eigenvalue weighted by molar-refractivity contribution is 5.57. The minimum absolute atomic E-state index is 0.917. The molecule has 0 saturated heterocycles. The first-order chi connectivity index (χ1) is 9.24. The summed E-state index contributed by atoms with van der Waals surface area (Å²) in [5.41, 5.74) is 5.12. The molecule has 0 radical (unpaired) electrons. The molecule has 0 atom stereocenters. The van der Waals surface area contributed by atoms with Crippen LogP contribution in [-0.2, 0) is 13.5 Å². The summed E-state index contributed by atoms with van der Waals surface area (Å²) >= 11 is 0. The van der Waals surface area contributed by atoms with Crippen LogP contribution in [0.2, 0.25) is 0 Å². The lowest BCUT2D eigenvalue weighted by Crippen LogP contribution is -2.37. The van der Waals surface area contributed by atoms with Crippen molar-refractivity contribution in [3.05, 3.63) is 59.9 Å². The van der Waals surface area contributed by atoms with Gasteiger partial charge in [-0.3, -0.25) is 0 Å². The molecule has 0 spiro atoms. The van der Waals surface area contributed by atoms with Gasteiger partial charge in [0.2, 0.25) is 0 Å². The molecule has 3 aromatic rings. The Balaban J connectivity index is 1.93. The largest absolute Gasteiger partial charge is 0.303 e. The average molecular weight is 251 g/mol. The molecular formula is C15H15N4+. The van der Waals surface area contributed by atoms with Gasteiger partial charge in [-0.1, -0.05) is 0 Å². The monoisotopic (exact) mass is 251 g/mol. The first-order valence-electron chi connectivity index (χ1n) is 6.44. The molecule has 4 heteroatoms. The Hall–Kier alpha value is -2.36. The first-order valence-corrected chi connectivity index (χ1v) is 6.44. The van der Waals surface area contributed by atoms with Gasteiger partial charge in [-0.25, -0.2) is 4.98 Å². The fourth-order valence-corrected chi connectivity index (χ4v) is 2.86. The summed E-state index contributed by atoms with van der Waals surface area (Å²) in [6, 6.07) is 6.58. The number of hydrogen-bond donors (Lipinski definition) is 0. The zero-order valence-corrected chi connectivity index (χ0v) is 11.0. The van der Waals surface area contributed by atoms with Crippen LogP contribution in [-0.4, -0.2) is 14.2 Å². The Morgan fingerprint density at radius 2 is 2.11 bits per heavy atom. The molecule has 0 N–H and O–H groups in total.